The average molecular weight is 382 g/mol. The van der Waals surface area contributed by atoms with Crippen molar-refractivity contribution >= 4 is 25.7 Å². The Kier molecular flexibility index (Phi) is 8.04. The summed E-state index contributed by atoms with van der Waals surface area (Å²) in [5, 5.41) is 0.822. The smallest absolute Gasteiger partial charge is 0.336 e. The Morgan fingerprint density at radius 1 is 1.23 bits per heavy atom. The molecule has 0 amide bonds. The molecule has 1 heterocycles. The van der Waals surface area contributed by atoms with Gasteiger partial charge in [-0.15, -0.1) is 0 Å². The summed E-state index contributed by atoms with van der Waals surface area (Å²) in [7, 11) is -1.15. The number of benzene rings is 1. The summed E-state index contributed by atoms with van der Waals surface area (Å²) in [4.78, 5) is 23.6. The molecule has 0 aliphatic rings. The van der Waals surface area contributed by atoms with Gasteiger partial charge in [-0.3, -0.25) is 0 Å². The molecule has 0 saturated heterocycles. The third-order valence-electron chi connectivity index (χ3n) is 4.29. The summed E-state index contributed by atoms with van der Waals surface area (Å²) in [6.45, 7) is 10.3. The fourth-order valence-electron chi connectivity index (χ4n) is 3.01. The Balaban J connectivity index is 2.42. The van der Waals surface area contributed by atoms with Gasteiger partial charge in [-0.05, 0) is 39.8 Å². The third kappa shape index (κ3) is 5.27. The van der Waals surface area contributed by atoms with Crippen molar-refractivity contribution in [3.8, 4) is 0 Å². The van der Waals surface area contributed by atoms with E-state index in [-0.39, 0.29) is 6.10 Å². The van der Waals surface area contributed by atoms with Crippen molar-refractivity contribution in [2.45, 2.75) is 46.3 Å². The Morgan fingerprint density at radius 3 is 2.58 bits per heavy atom. The Labute approximate surface area is 156 Å². The lowest BCUT2D eigenvalue weighted by Gasteiger charge is -2.21. The quantitative estimate of drug-likeness (QED) is 0.498. The van der Waals surface area contributed by atoms with Crippen LogP contribution in [0, 0.1) is 0 Å². The molecular formula is C19H29NO5P+. The van der Waals surface area contributed by atoms with Crippen LogP contribution in [-0.2, 0) is 9.26 Å². The van der Waals surface area contributed by atoms with Crippen LogP contribution in [0.15, 0.2) is 33.5 Å². The van der Waals surface area contributed by atoms with Crippen LogP contribution in [0.5, 0.6) is 0 Å². The van der Waals surface area contributed by atoms with Gasteiger partial charge in [0.05, 0.1) is 6.10 Å². The molecule has 0 spiro atoms. The second-order valence-electron chi connectivity index (χ2n) is 6.31. The van der Waals surface area contributed by atoms with Gasteiger partial charge in [0.15, 0.2) is 0 Å². The molecule has 2 unspecified atom stereocenters. The molecule has 0 fully saturated rings. The number of ether oxygens (including phenoxy) is 1. The van der Waals surface area contributed by atoms with Crippen molar-refractivity contribution in [3.63, 3.8) is 0 Å². The van der Waals surface area contributed by atoms with Crippen LogP contribution in [0.1, 0.15) is 45.8 Å². The van der Waals surface area contributed by atoms with Gasteiger partial charge < -0.3 is 14.1 Å². The van der Waals surface area contributed by atoms with E-state index in [2.05, 4.69) is 18.7 Å². The highest BCUT2D eigenvalue weighted by Gasteiger charge is 2.21. The van der Waals surface area contributed by atoms with E-state index in [9.17, 15) is 9.69 Å². The molecule has 1 aromatic carbocycles. The van der Waals surface area contributed by atoms with E-state index in [1.807, 2.05) is 32.0 Å². The number of rotatable bonds is 10. The van der Waals surface area contributed by atoms with Crippen LogP contribution in [0.2, 0.25) is 0 Å². The molecule has 2 aromatic rings. The van der Waals surface area contributed by atoms with Crippen LogP contribution in [0.3, 0.4) is 0 Å². The van der Waals surface area contributed by atoms with Gasteiger partial charge in [-0.2, -0.15) is 0 Å². The van der Waals surface area contributed by atoms with Gasteiger partial charge in [-0.25, -0.2) is 14.2 Å². The van der Waals surface area contributed by atoms with Crippen LogP contribution in [-0.4, -0.2) is 30.7 Å². The highest BCUT2D eigenvalue weighted by Crippen LogP contribution is 2.33. The average Bonchev–Trinajstić information content (AvgIpc) is 2.61. The van der Waals surface area contributed by atoms with Crippen LogP contribution < -0.4 is 10.5 Å². The van der Waals surface area contributed by atoms with E-state index in [4.69, 9.17) is 13.7 Å². The molecule has 144 valence electrons. The number of hydrogen-bond acceptors (Lipinski definition) is 6. The molecule has 6 nitrogen and oxygen atoms in total. The number of nitrogens with zero attached hydrogens (tertiary/aromatic N) is 1. The van der Waals surface area contributed by atoms with Gasteiger partial charge in [0.25, 0.3) is 0 Å². The van der Waals surface area contributed by atoms with Crippen molar-refractivity contribution in [2.24, 2.45) is 0 Å². The summed E-state index contributed by atoms with van der Waals surface area (Å²) in [5.74, 6) is 0. The lowest BCUT2D eigenvalue weighted by Crippen LogP contribution is -2.21. The maximum atomic E-state index is 12.1. The van der Waals surface area contributed by atoms with Gasteiger partial charge in [0.2, 0.25) is 9.03 Å². The second-order valence-corrected chi connectivity index (χ2v) is 6.79. The summed E-state index contributed by atoms with van der Waals surface area (Å²) in [6.07, 6.45) is 0.272. The highest BCUT2D eigenvalue weighted by atomic mass is 31.1. The molecule has 0 aliphatic heterocycles. The predicted octanol–water partition coefficient (Wildman–Crippen LogP) is 3.75. The fraction of sp³-hybridized carbons (Fsp3) is 0.526. The Bertz CT molecular complexity index is 757. The lowest BCUT2D eigenvalue weighted by atomic mass is 10.0. The van der Waals surface area contributed by atoms with Gasteiger partial charge in [-0.1, -0.05) is 0 Å². The minimum atomic E-state index is -1.15. The molecule has 7 heteroatoms. The molecule has 2 atom stereocenters. The van der Waals surface area contributed by atoms with E-state index in [1.54, 1.807) is 0 Å². The molecule has 0 bridgehead atoms. The van der Waals surface area contributed by atoms with Gasteiger partial charge in [0.1, 0.15) is 11.7 Å². The van der Waals surface area contributed by atoms with Crippen molar-refractivity contribution in [1.29, 1.82) is 0 Å². The van der Waals surface area contributed by atoms with Gasteiger partial charge in [0, 0.05) is 54.9 Å². The summed E-state index contributed by atoms with van der Waals surface area (Å²) >= 11 is 0. The maximum Gasteiger partial charge on any atom is 0.336 e. The van der Waals surface area contributed by atoms with Crippen LogP contribution >= 0.6 is 9.03 Å². The van der Waals surface area contributed by atoms with E-state index in [0.29, 0.717) is 18.6 Å². The van der Waals surface area contributed by atoms with E-state index < -0.39 is 20.8 Å². The molecule has 26 heavy (non-hydrogen) atoms. The second kappa shape index (κ2) is 10.0. The largest absolute Gasteiger partial charge is 0.423 e. The monoisotopic (exact) mass is 382 g/mol. The van der Waals surface area contributed by atoms with Gasteiger partial charge >= 0.3 is 5.63 Å². The SMILES string of the molecule is CCN(CC)c1ccc2c(C(CCOC(C)C)O[PH2+]O)cc(=O)oc2c1. The summed E-state index contributed by atoms with van der Waals surface area (Å²) < 4.78 is 16.6. The molecule has 0 saturated carbocycles. The third-order valence-corrected chi connectivity index (χ3v) is 4.74. The fourth-order valence-corrected chi connectivity index (χ4v) is 3.44. The van der Waals surface area contributed by atoms with Crippen LogP contribution in [0.4, 0.5) is 5.69 Å². The molecule has 1 aromatic heterocycles. The first kappa shape index (κ1) is 20.8. The number of anilines is 1. The Morgan fingerprint density at radius 2 is 1.96 bits per heavy atom. The standard InChI is InChI=1S/C19H29NO5P/c1-5-20(6-2)14-7-8-15-16(12-19(21)24-18(15)11-14)17(25-26-22)9-10-23-13(3)4/h7-8,11-13,17,22H,5-6,9-10,26H2,1-4H3/q+1. The highest BCUT2D eigenvalue weighted by molar-refractivity contribution is 7.24. The minimum absolute atomic E-state index is 0.117. The van der Waals surface area contributed by atoms with E-state index in [0.717, 1.165) is 29.7 Å². The molecule has 2 rings (SSSR count). The topological polar surface area (TPSA) is 72.1 Å². The zero-order valence-electron chi connectivity index (χ0n) is 15.9. The first-order chi connectivity index (χ1) is 12.5. The maximum absolute atomic E-state index is 12.1. The normalized spacial score (nSPS) is 13.2. The predicted molar refractivity (Wildman–Crippen MR) is 108 cm³/mol. The van der Waals surface area contributed by atoms with Crippen molar-refractivity contribution in [3.05, 3.63) is 40.2 Å². The first-order valence-electron chi connectivity index (χ1n) is 9.05. The summed E-state index contributed by atoms with van der Waals surface area (Å²) in [5.41, 5.74) is 1.85. The molecule has 0 aliphatic carbocycles. The van der Waals surface area contributed by atoms with Crippen molar-refractivity contribution < 1.29 is 18.6 Å². The zero-order valence-corrected chi connectivity index (χ0v) is 17.1. The van der Waals surface area contributed by atoms with Crippen molar-refractivity contribution in [1.82, 2.24) is 0 Å². The minimum Gasteiger partial charge on any atom is -0.423 e. The lowest BCUT2D eigenvalue weighted by molar-refractivity contribution is 0.0544. The number of fused-ring (bicyclic) bond motifs is 1. The van der Waals surface area contributed by atoms with Crippen molar-refractivity contribution in [2.75, 3.05) is 24.6 Å². The van der Waals surface area contributed by atoms with E-state index in [1.165, 1.54) is 6.07 Å². The zero-order chi connectivity index (χ0) is 19.1. The molecule has 1 N–H and O–H groups in total. The van der Waals surface area contributed by atoms with E-state index >= 15 is 0 Å². The molecule has 0 radical (unpaired) electrons. The van der Waals surface area contributed by atoms with Crippen LogP contribution in [0.25, 0.3) is 11.0 Å². The Hall–Kier alpha value is -1.46. The molecular weight excluding hydrogens is 353 g/mol. The first-order valence-corrected chi connectivity index (χ1v) is 10.0. The summed E-state index contributed by atoms with van der Waals surface area (Å²) in [6, 6.07) is 7.31. The number of hydrogen-bond donors (Lipinski definition) is 1.